The Morgan fingerprint density at radius 1 is 0.889 bits per heavy atom. The van der Waals surface area contributed by atoms with E-state index in [-0.39, 0.29) is 10.7 Å². The second kappa shape index (κ2) is 8.20. The lowest BCUT2D eigenvalue weighted by Crippen LogP contribution is -2.26. The van der Waals surface area contributed by atoms with Crippen molar-refractivity contribution < 1.29 is 15.0 Å². The Morgan fingerprint density at radius 2 is 1.59 bits per heavy atom. The third kappa shape index (κ3) is 4.53. The van der Waals surface area contributed by atoms with Gasteiger partial charge in [-0.15, -0.1) is 5.10 Å². The highest BCUT2D eigenvalue weighted by atomic mass is 35.5. The number of carbonyl (C=O) groups is 1. The topological polar surface area (TPSA) is 114 Å². The molecule has 2 heterocycles. The van der Waals surface area contributed by atoms with Gasteiger partial charge < -0.3 is 15.0 Å². The van der Waals surface area contributed by atoms with Crippen LogP contribution >= 0.6 is 11.6 Å². The third-order valence-corrected chi connectivity index (χ3v) is 3.63. The fraction of sp³-hybridized carbons (Fsp3) is 0. The number of nitrogens with zero attached hydrogens (tertiary/aromatic N) is 4. The van der Waals surface area contributed by atoms with Crippen molar-refractivity contribution >= 4 is 29.2 Å². The van der Waals surface area contributed by atoms with Gasteiger partial charge in [0.15, 0.2) is 0 Å². The van der Waals surface area contributed by atoms with Crippen LogP contribution in [0.25, 0.3) is 0 Å². The van der Waals surface area contributed by atoms with E-state index in [1.54, 1.807) is 36.5 Å². The Balaban J connectivity index is 2.05. The van der Waals surface area contributed by atoms with Crippen molar-refractivity contribution in [3.8, 4) is 0 Å². The Labute approximate surface area is 159 Å². The zero-order valence-corrected chi connectivity index (χ0v) is 14.5. The molecule has 134 valence electrons. The number of hydrogen-bond donors (Lipinski definition) is 0. The van der Waals surface area contributed by atoms with Crippen molar-refractivity contribution in [1.29, 1.82) is 0 Å². The first kappa shape index (κ1) is 18.2. The Morgan fingerprint density at radius 3 is 2.26 bits per heavy atom. The number of aromatic carboxylic acids is 1. The minimum absolute atomic E-state index is 0.0275. The van der Waals surface area contributed by atoms with Crippen LogP contribution in [0, 0.1) is 0 Å². The van der Waals surface area contributed by atoms with Gasteiger partial charge in [-0.05, 0) is 24.3 Å². The number of aromatic nitrogens is 2. The molecule has 0 unspecified atom stereocenters. The summed E-state index contributed by atoms with van der Waals surface area (Å²) in [5.41, 5.74) is 0.903. The molecule has 0 aliphatic carbocycles. The Kier molecular flexibility index (Phi) is 5.53. The summed E-state index contributed by atoms with van der Waals surface area (Å²) < 4.78 is 0. The highest BCUT2D eigenvalue weighted by Crippen LogP contribution is 2.13. The maximum Gasteiger partial charge on any atom is 0.118 e. The van der Waals surface area contributed by atoms with E-state index in [0.717, 1.165) is 6.07 Å². The monoisotopic (exact) mass is 378 g/mol. The van der Waals surface area contributed by atoms with Crippen LogP contribution in [0.5, 0.6) is 0 Å². The number of halogens is 1. The molecule has 0 N–H and O–H groups in total. The lowest BCUT2D eigenvalue weighted by atomic mass is 10.1. The quantitative estimate of drug-likeness (QED) is 0.374. The van der Waals surface area contributed by atoms with E-state index in [9.17, 15) is 15.0 Å². The van der Waals surface area contributed by atoms with Crippen LogP contribution in [0.3, 0.4) is 0 Å². The SMILES string of the molecule is O=C([O-])c1cc(Cl)cc(C([O-])=N/N=C(\c2ccccc2)c2ccccn2)n1. The molecular formula is C19H11ClN4O3-2. The average Bonchev–Trinajstić information content (AvgIpc) is 2.69. The zero-order valence-electron chi connectivity index (χ0n) is 13.7. The van der Waals surface area contributed by atoms with Crippen molar-refractivity contribution in [1.82, 2.24) is 9.97 Å². The minimum atomic E-state index is -1.55. The van der Waals surface area contributed by atoms with Gasteiger partial charge in [0.25, 0.3) is 0 Å². The lowest BCUT2D eigenvalue weighted by molar-refractivity contribution is -0.255. The molecule has 0 saturated carbocycles. The van der Waals surface area contributed by atoms with Gasteiger partial charge in [-0.3, -0.25) is 4.98 Å². The van der Waals surface area contributed by atoms with E-state index in [4.69, 9.17) is 11.6 Å². The molecule has 7 nitrogen and oxygen atoms in total. The van der Waals surface area contributed by atoms with Gasteiger partial charge in [0, 0.05) is 22.7 Å². The van der Waals surface area contributed by atoms with Crippen LogP contribution in [0.4, 0.5) is 0 Å². The standard InChI is InChI=1S/C19H13ClN4O3/c20-13-10-15(22-16(11-13)19(26)27)18(25)24-23-17(12-6-2-1-3-7-12)14-8-4-5-9-21-14/h1-11H,(H,24,25)(H,26,27)/p-2/b23-17+. The first-order valence-corrected chi connectivity index (χ1v) is 8.11. The molecule has 0 aliphatic heterocycles. The van der Waals surface area contributed by atoms with Gasteiger partial charge in [0.1, 0.15) is 5.71 Å². The van der Waals surface area contributed by atoms with Crippen LogP contribution in [-0.2, 0) is 0 Å². The van der Waals surface area contributed by atoms with E-state index in [1.807, 2.05) is 18.2 Å². The number of carboxylic acid groups (broad SMARTS) is 1. The summed E-state index contributed by atoms with van der Waals surface area (Å²) in [4.78, 5) is 18.9. The molecule has 0 radical (unpaired) electrons. The normalized spacial score (nSPS) is 12.0. The van der Waals surface area contributed by atoms with Crippen LogP contribution in [0.15, 0.2) is 77.1 Å². The second-order valence-corrected chi connectivity index (χ2v) is 5.71. The fourth-order valence-corrected chi connectivity index (χ4v) is 2.42. The maximum atomic E-state index is 12.3. The number of pyridine rings is 2. The predicted octanol–water partition coefficient (Wildman–Crippen LogP) is 1.05. The average molecular weight is 379 g/mol. The summed E-state index contributed by atoms with van der Waals surface area (Å²) in [5.74, 6) is -2.39. The van der Waals surface area contributed by atoms with Crippen LogP contribution in [-0.4, -0.2) is 27.5 Å². The Bertz CT molecular complexity index is 980. The summed E-state index contributed by atoms with van der Waals surface area (Å²) >= 11 is 5.82. The number of benzene rings is 1. The molecule has 0 fully saturated rings. The molecule has 0 atom stereocenters. The van der Waals surface area contributed by atoms with Crippen molar-refractivity contribution in [2.24, 2.45) is 10.2 Å². The predicted molar refractivity (Wildman–Crippen MR) is 96.4 cm³/mol. The van der Waals surface area contributed by atoms with Crippen molar-refractivity contribution in [2.45, 2.75) is 0 Å². The number of carbonyl (C=O) groups excluding carboxylic acids is 1. The summed E-state index contributed by atoms with van der Waals surface area (Å²) in [6.45, 7) is 0. The number of hydrogen-bond acceptors (Lipinski definition) is 7. The summed E-state index contributed by atoms with van der Waals surface area (Å²) in [7, 11) is 0. The van der Waals surface area contributed by atoms with E-state index >= 15 is 0 Å². The van der Waals surface area contributed by atoms with Crippen LogP contribution < -0.4 is 10.2 Å². The molecule has 0 saturated heterocycles. The van der Waals surface area contributed by atoms with Crippen molar-refractivity contribution in [2.75, 3.05) is 0 Å². The van der Waals surface area contributed by atoms with Gasteiger partial charge in [-0.2, -0.15) is 5.10 Å². The van der Waals surface area contributed by atoms with Crippen LogP contribution in [0.1, 0.15) is 27.4 Å². The first-order valence-electron chi connectivity index (χ1n) is 7.73. The molecule has 3 aromatic rings. The van der Waals surface area contributed by atoms with Gasteiger partial charge in [-0.1, -0.05) is 48.0 Å². The smallest absolute Gasteiger partial charge is 0.118 e. The van der Waals surface area contributed by atoms with Gasteiger partial charge in [0.2, 0.25) is 0 Å². The molecule has 27 heavy (non-hydrogen) atoms. The first-order chi connectivity index (χ1) is 13.0. The summed E-state index contributed by atoms with van der Waals surface area (Å²) in [5, 5.41) is 31.0. The molecule has 8 heteroatoms. The van der Waals surface area contributed by atoms with Gasteiger partial charge in [-0.25, -0.2) is 4.98 Å². The number of carboxylic acids is 1. The fourth-order valence-electron chi connectivity index (χ4n) is 2.21. The molecule has 0 amide bonds. The largest absolute Gasteiger partial charge is 0.856 e. The highest BCUT2D eigenvalue weighted by molar-refractivity contribution is 6.31. The van der Waals surface area contributed by atoms with E-state index < -0.39 is 17.6 Å². The lowest BCUT2D eigenvalue weighted by Gasteiger charge is -2.11. The van der Waals surface area contributed by atoms with E-state index in [1.165, 1.54) is 6.07 Å². The Hall–Kier alpha value is -3.58. The zero-order chi connectivity index (χ0) is 19.2. The van der Waals surface area contributed by atoms with Crippen molar-refractivity contribution in [3.63, 3.8) is 0 Å². The molecule has 1 aromatic carbocycles. The molecule has 0 aliphatic rings. The summed E-state index contributed by atoms with van der Waals surface area (Å²) in [6, 6.07) is 16.7. The second-order valence-electron chi connectivity index (χ2n) is 5.28. The van der Waals surface area contributed by atoms with Crippen molar-refractivity contribution in [3.05, 3.63) is 94.5 Å². The minimum Gasteiger partial charge on any atom is -0.856 e. The molecule has 0 bridgehead atoms. The van der Waals surface area contributed by atoms with E-state index in [0.29, 0.717) is 17.0 Å². The van der Waals surface area contributed by atoms with Crippen LogP contribution in [0.2, 0.25) is 5.02 Å². The number of rotatable bonds is 5. The third-order valence-electron chi connectivity index (χ3n) is 3.41. The molecule has 2 aromatic heterocycles. The van der Waals surface area contributed by atoms with Gasteiger partial charge >= 0.3 is 0 Å². The molecule has 3 rings (SSSR count). The molecule has 0 spiro atoms. The maximum absolute atomic E-state index is 12.3. The van der Waals surface area contributed by atoms with E-state index in [2.05, 4.69) is 20.2 Å². The summed E-state index contributed by atoms with van der Waals surface area (Å²) in [6.07, 6.45) is 1.60. The highest BCUT2D eigenvalue weighted by Gasteiger charge is 2.08. The molecular weight excluding hydrogens is 368 g/mol. The van der Waals surface area contributed by atoms with Gasteiger partial charge in [0.05, 0.1) is 23.1 Å².